The summed E-state index contributed by atoms with van der Waals surface area (Å²) in [7, 11) is 0. The van der Waals surface area contributed by atoms with Crippen molar-refractivity contribution >= 4 is 12.1 Å². The van der Waals surface area contributed by atoms with E-state index in [9.17, 15) is 9.59 Å². The fourth-order valence-corrected chi connectivity index (χ4v) is 5.80. The van der Waals surface area contributed by atoms with Gasteiger partial charge in [0.15, 0.2) is 5.54 Å². The second-order valence-electron chi connectivity index (χ2n) is 12.0. The summed E-state index contributed by atoms with van der Waals surface area (Å²) < 4.78 is 11.8. The number of ether oxygens (including phenoxy) is 2. The third-order valence-corrected chi connectivity index (χ3v) is 8.40. The van der Waals surface area contributed by atoms with Crippen molar-refractivity contribution < 1.29 is 19.1 Å². The Labute approximate surface area is 245 Å². The number of allylic oxidation sites excluding steroid dienone is 1. The Morgan fingerprint density at radius 2 is 1.44 bits per heavy atom. The maximum atomic E-state index is 14.0. The summed E-state index contributed by atoms with van der Waals surface area (Å²) in [5.41, 5.74) is 1.62. The van der Waals surface area contributed by atoms with Gasteiger partial charge >= 0.3 is 12.1 Å². The first-order chi connectivity index (χ1) is 19.7. The fraction of sp³-hybridized carbons (Fsp3) is 0.389. The molecule has 1 fully saturated rings. The van der Waals surface area contributed by atoms with Crippen LogP contribution in [0.5, 0.6) is 0 Å². The molecule has 1 aliphatic rings. The molecule has 41 heavy (non-hydrogen) atoms. The molecular weight excluding hydrogens is 510 g/mol. The maximum absolute atomic E-state index is 14.0. The highest BCUT2D eigenvalue weighted by Crippen LogP contribution is 2.44. The molecule has 0 spiro atoms. The van der Waals surface area contributed by atoms with Crippen molar-refractivity contribution in [1.82, 2.24) is 5.32 Å². The van der Waals surface area contributed by atoms with Gasteiger partial charge in [0.25, 0.3) is 0 Å². The number of rotatable bonds is 10. The molecule has 1 aliphatic carbocycles. The van der Waals surface area contributed by atoms with E-state index in [-0.39, 0.29) is 24.0 Å². The van der Waals surface area contributed by atoms with Crippen LogP contribution < -0.4 is 5.32 Å². The predicted octanol–water partition coefficient (Wildman–Crippen LogP) is 7.80. The van der Waals surface area contributed by atoms with Gasteiger partial charge in [-0.3, -0.25) is 0 Å². The van der Waals surface area contributed by atoms with Crippen LogP contribution in [0.1, 0.15) is 63.6 Å². The third-order valence-electron chi connectivity index (χ3n) is 8.40. The van der Waals surface area contributed by atoms with Crippen LogP contribution in [0.2, 0.25) is 0 Å². The summed E-state index contributed by atoms with van der Waals surface area (Å²) in [6.45, 7) is 8.48. The molecule has 3 aromatic carbocycles. The molecule has 3 aromatic rings. The van der Waals surface area contributed by atoms with E-state index in [2.05, 4.69) is 50.4 Å². The molecule has 1 N–H and O–H groups in total. The lowest BCUT2D eigenvalue weighted by Gasteiger charge is -2.44. The Bertz CT molecular complexity index is 1290. The summed E-state index contributed by atoms with van der Waals surface area (Å²) in [6.07, 6.45) is 6.16. The number of esters is 1. The van der Waals surface area contributed by atoms with Gasteiger partial charge in [0.2, 0.25) is 0 Å². The summed E-state index contributed by atoms with van der Waals surface area (Å²) >= 11 is 0. The first-order valence-electron chi connectivity index (χ1n) is 14.6. The Morgan fingerprint density at radius 1 is 0.854 bits per heavy atom. The van der Waals surface area contributed by atoms with Crippen LogP contribution in [0.25, 0.3) is 0 Å². The molecule has 0 aliphatic heterocycles. The Morgan fingerprint density at radius 3 is 2.07 bits per heavy atom. The lowest BCUT2D eigenvalue weighted by Crippen LogP contribution is -2.54. The quantitative estimate of drug-likeness (QED) is 0.206. The van der Waals surface area contributed by atoms with Crippen molar-refractivity contribution in [2.24, 2.45) is 11.8 Å². The minimum Gasteiger partial charge on any atom is -0.460 e. The van der Waals surface area contributed by atoms with Gasteiger partial charge in [-0.25, -0.2) is 9.59 Å². The Kier molecular flexibility index (Phi) is 10.0. The zero-order valence-corrected chi connectivity index (χ0v) is 24.7. The van der Waals surface area contributed by atoms with Crippen LogP contribution in [0.4, 0.5) is 4.79 Å². The van der Waals surface area contributed by atoms with E-state index in [1.807, 2.05) is 72.8 Å². The van der Waals surface area contributed by atoms with Crippen LogP contribution in [-0.4, -0.2) is 23.7 Å². The monoisotopic (exact) mass is 553 g/mol. The number of carbonyl (C=O) groups is 2. The molecule has 0 bridgehead atoms. The van der Waals surface area contributed by atoms with E-state index < -0.39 is 17.6 Å². The Hall–Kier alpha value is -3.86. The van der Waals surface area contributed by atoms with E-state index >= 15 is 0 Å². The van der Waals surface area contributed by atoms with Crippen LogP contribution >= 0.6 is 0 Å². The molecule has 0 saturated heterocycles. The molecular formula is C36H43NO4. The number of benzene rings is 3. The van der Waals surface area contributed by atoms with E-state index in [1.165, 1.54) is 5.56 Å². The zero-order chi connectivity index (χ0) is 29.3. The number of amides is 1. The van der Waals surface area contributed by atoms with Crippen LogP contribution in [0.15, 0.2) is 103 Å². The van der Waals surface area contributed by atoms with Crippen molar-refractivity contribution in [2.75, 3.05) is 0 Å². The van der Waals surface area contributed by atoms with Gasteiger partial charge in [0.05, 0.1) is 0 Å². The van der Waals surface area contributed by atoms with Gasteiger partial charge in [-0.05, 0) is 54.2 Å². The second-order valence-corrected chi connectivity index (χ2v) is 12.0. The molecule has 0 aromatic heterocycles. The van der Waals surface area contributed by atoms with E-state index in [1.54, 1.807) is 13.0 Å². The number of alkyl carbamates (subject to hydrolysis) is 1. The topological polar surface area (TPSA) is 64.6 Å². The molecule has 0 radical (unpaired) electrons. The summed E-state index contributed by atoms with van der Waals surface area (Å²) in [5, 5.41) is 2.81. The zero-order valence-electron chi connectivity index (χ0n) is 24.7. The summed E-state index contributed by atoms with van der Waals surface area (Å²) in [6, 6.07) is 29.9. The minimum absolute atomic E-state index is 0.110. The minimum atomic E-state index is -1.40. The average Bonchev–Trinajstić information content (AvgIpc) is 2.97. The van der Waals surface area contributed by atoms with Gasteiger partial charge in [-0.1, -0.05) is 130 Å². The van der Waals surface area contributed by atoms with Gasteiger partial charge in [0.1, 0.15) is 12.7 Å². The van der Waals surface area contributed by atoms with Crippen molar-refractivity contribution in [3.05, 3.63) is 120 Å². The van der Waals surface area contributed by atoms with Gasteiger partial charge in [-0.15, -0.1) is 0 Å². The van der Waals surface area contributed by atoms with Crippen LogP contribution in [0, 0.1) is 11.8 Å². The number of carbonyl (C=O) groups excluding carboxylic acids is 2. The van der Waals surface area contributed by atoms with Gasteiger partial charge < -0.3 is 14.8 Å². The van der Waals surface area contributed by atoms with Gasteiger partial charge in [0, 0.05) is 5.92 Å². The number of hydrogen-bond donors (Lipinski definition) is 1. The molecule has 4 atom stereocenters. The van der Waals surface area contributed by atoms with E-state index in [0.29, 0.717) is 12.3 Å². The first kappa shape index (κ1) is 30.1. The van der Waals surface area contributed by atoms with E-state index in [0.717, 1.165) is 30.4 Å². The highest BCUT2D eigenvalue weighted by Gasteiger charge is 2.44. The van der Waals surface area contributed by atoms with Crippen molar-refractivity contribution in [1.29, 1.82) is 0 Å². The maximum Gasteiger partial charge on any atom is 0.408 e. The predicted molar refractivity (Wildman–Crippen MR) is 163 cm³/mol. The molecule has 1 saturated carbocycles. The molecule has 5 nitrogen and oxygen atoms in total. The molecule has 5 heteroatoms. The SMILES string of the molecule is C[C@@H]1CC[C@@H](C(C)(C)c2ccccc2)[C@H](OC(=O)[C@@](C)(/C=C/Cc2ccccc2)NC(=O)OCc2ccccc2)C1. The van der Waals surface area contributed by atoms with Crippen LogP contribution in [0.3, 0.4) is 0 Å². The number of nitrogens with one attached hydrogen (secondary N) is 1. The fourth-order valence-electron chi connectivity index (χ4n) is 5.80. The summed E-state index contributed by atoms with van der Waals surface area (Å²) in [4.78, 5) is 26.9. The normalized spacial score (nSPS) is 20.6. The van der Waals surface area contributed by atoms with Crippen LogP contribution in [-0.2, 0) is 32.7 Å². The smallest absolute Gasteiger partial charge is 0.408 e. The van der Waals surface area contributed by atoms with E-state index in [4.69, 9.17) is 9.47 Å². The Balaban J connectivity index is 1.54. The van der Waals surface area contributed by atoms with Crippen molar-refractivity contribution in [3.8, 4) is 0 Å². The molecule has 0 heterocycles. The molecule has 216 valence electrons. The average molecular weight is 554 g/mol. The summed E-state index contributed by atoms with van der Waals surface area (Å²) in [5.74, 6) is 0.110. The lowest BCUT2D eigenvalue weighted by molar-refractivity contribution is -0.161. The largest absolute Gasteiger partial charge is 0.460 e. The highest BCUT2D eigenvalue weighted by atomic mass is 16.6. The highest BCUT2D eigenvalue weighted by molar-refractivity contribution is 5.87. The standard InChI is InChI=1S/C36H43NO4/c1-27-22-23-31(35(2,3)30-20-12-7-13-21-30)32(25-27)41-33(38)36(4,24-14-19-28-15-8-5-9-16-28)37-34(39)40-26-29-17-10-6-11-18-29/h5-18,20-21,24,27,31-32H,19,22-23,25-26H2,1-4H3,(H,37,39)/b24-14+/t27-,31-,32-,36-/m1/s1. The van der Waals surface area contributed by atoms with Crippen molar-refractivity contribution in [2.45, 2.75) is 77.0 Å². The molecule has 1 amide bonds. The molecule has 0 unspecified atom stereocenters. The molecule has 4 rings (SSSR count). The van der Waals surface area contributed by atoms with Gasteiger partial charge in [-0.2, -0.15) is 0 Å². The lowest BCUT2D eigenvalue weighted by atomic mass is 9.64. The number of hydrogen-bond acceptors (Lipinski definition) is 4. The second kappa shape index (κ2) is 13.7. The third kappa shape index (κ3) is 8.09. The van der Waals surface area contributed by atoms with Crippen molar-refractivity contribution in [3.63, 3.8) is 0 Å². The first-order valence-corrected chi connectivity index (χ1v) is 14.6.